The maximum absolute atomic E-state index is 10.3. The third kappa shape index (κ3) is 212. The molecule has 0 spiro atoms. The molecule has 0 heterocycles. The summed E-state index contributed by atoms with van der Waals surface area (Å²) in [4.78, 5) is 28.9. The third-order valence-electron chi connectivity index (χ3n) is 1.35. The van der Waals surface area contributed by atoms with Crippen LogP contribution in [-0.4, -0.2) is 67.6 Å². The molecule has 0 aromatic heterocycles. The van der Waals surface area contributed by atoms with Crippen molar-refractivity contribution in [1.29, 1.82) is 0 Å². The fourth-order valence-electron chi connectivity index (χ4n) is 0.431. The van der Waals surface area contributed by atoms with Gasteiger partial charge in [-0.1, -0.05) is 19.6 Å². The largest absolute Gasteiger partial charge is 0.520 e. The first-order valence-corrected chi connectivity index (χ1v) is 21.1. The standard InChI is InChI=1S/C5H12O2Si.C4H12OSi.C3H9ClSi.C3H6O2.C2H4O2.CH3Cl/c1-5(6)7-8(2,3)4;1-5-6(2,3)4;1-5(2,3)4;1-3(4)5-2;1-2(3)4;1-2/h1-4H3;1-4H3;1-3H3;1-2H3;1H3,(H,3,4);1H3. The van der Waals surface area contributed by atoms with Crippen LogP contribution in [0.4, 0.5) is 0 Å². The van der Waals surface area contributed by atoms with Crippen molar-refractivity contribution in [3.8, 4) is 0 Å². The van der Waals surface area contributed by atoms with Crippen LogP contribution < -0.4 is 0 Å². The number of ether oxygens (including phenoxy) is 1. The quantitative estimate of drug-likeness (QED) is 0.202. The van der Waals surface area contributed by atoms with Crippen LogP contribution in [-0.2, 0) is 28.0 Å². The highest BCUT2D eigenvalue weighted by molar-refractivity contribution is 7.18. The first-order chi connectivity index (χ1) is 13.0. The van der Waals surface area contributed by atoms with Gasteiger partial charge >= 0.3 is 5.97 Å². The van der Waals surface area contributed by atoms with Gasteiger partial charge in [0.2, 0.25) is 8.32 Å². The minimum Gasteiger partial charge on any atom is -0.520 e. The second kappa shape index (κ2) is 24.9. The number of aliphatic carboxylic acids is 1. The lowest BCUT2D eigenvalue weighted by Gasteiger charge is -2.14. The number of esters is 1. The zero-order valence-corrected chi connectivity index (χ0v) is 26.2. The molecule has 30 heavy (non-hydrogen) atoms. The van der Waals surface area contributed by atoms with E-state index in [2.05, 4.69) is 55.6 Å². The molecule has 7 nitrogen and oxygen atoms in total. The van der Waals surface area contributed by atoms with Crippen molar-refractivity contribution >= 4 is 64.6 Å². The van der Waals surface area contributed by atoms with Gasteiger partial charge in [-0.25, -0.2) is 0 Å². The number of hydrogen-bond donors (Lipinski definition) is 1. The lowest BCUT2D eigenvalue weighted by Crippen LogP contribution is -2.27. The van der Waals surface area contributed by atoms with E-state index < -0.39 is 30.0 Å². The minimum atomic E-state index is -1.57. The third-order valence-corrected chi connectivity index (χ3v) is 3.47. The Balaban J connectivity index is -0.0000000599. The van der Waals surface area contributed by atoms with Gasteiger partial charge in [-0.2, -0.15) is 11.1 Å². The van der Waals surface area contributed by atoms with Crippen LogP contribution in [0.5, 0.6) is 0 Å². The molecule has 0 aromatic rings. The molecule has 12 heteroatoms. The van der Waals surface area contributed by atoms with Gasteiger partial charge in [-0.15, -0.1) is 11.6 Å². The molecule has 0 atom stereocenters. The van der Waals surface area contributed by atoms with E-state index in [4.69, 9.17) is 29.8 Å². The molecule has 0 fully saturated rings. The monoisotopic (exact) mass is 528 g/mol. The number of rotatable bonds is 2. The number of carboxylic acid groups (broad SMARTS) is 1. The summed E-state index contributed by atoms with van der Waals surface area (Å²) in [7, 11) is -0.720. The lowest BCUT2D eigenvalue weighted by atomic mass is 10.8. The molecule has 0 aromatic carbocycles. The van der Waals surface area contributed by atoms with Gasteiger partial charge < -0.3 is 18.7 Å². The SMILES string of the molecule is CC(=O)O.CC(=O)O[Si](C)(C)C.CCl.COC(C)=O.CO[Si](C)(C)C.C[Si](C)(C)Cl. The molecule has 186 valence electrons. The summed E-state index contributed by atoms with van der Waals surface area (Å²) in [5.41, 5.74) is 0. The van der Waals surface area contributed by atoms with E-state index in [1.54, 1.807) is 7.11 Å². The van der Waals surface area contributed by atoms with Gasteiger partial charge in [-0.3, -0.25) is 14.4 Å². The Morgan fingerprint density at radius 3 is 0.867 bits per heavy atom. The van der Waals surface area contributed by atoms with Crippen LogP contribution in [0.1, 0.15) is 20.8 Å². The minimum absolute atomic E-state index is 0.163. The number of hydrogen-bond acceptors (Lipinski definition) is 6. The van der Waals surface area contributed by atoms with Crippen molar-refractivity contribution in [2.24, 2.45) is 0 Å². The number of halogens is 2. The lowest BCUT2D eigenvalue weighted by molar-refractivity contribution is -0.138. The average molecular weight is 530 g/mol. The molecule has 0 aliphatic carbocycles. The summed E-state index contributed by atoms with van der Waals surface area (Å²) in [6, 6.07) is 0. The average Bonchev–Trinajstić information content (AvgIpc) is 2.45. The van der Waals surface area contributed by atoms with Gasteiger partial charge in [-0.05, 0) is 39.3 Å². The van der Waals surface area contributed by atoms with E-state index in [0.717, 1.165) is 6.92 Å². The fraction of sp³-hybridized carbons (Fsp3) is 0.833. The van der Waals surface area contributed by atoms with Gasteiger partial charge in [0, 0.05) is 34.3 Å². The Morgan fingerprint density at radius 1 is 0.700 bits per heavy atom. The summed E-state index contributed by atoms with van der Waals surface area (Å²) in [5.74, 6) is -1.24. The van der Waals surface area contributed by atoms with Crippen molar-refractivity contribution in [2.75, 3.05) is 20.6 Å². The second-order valence-corrected chi connectivity index (χ2v) is 24.9. The Bertz CT molecular complexity index is 407. The molecule has 0 aliphatic heterocycles. The summed E-state index contributed by atoms with van der Waals surface area (Å²) >= 11 is 10.3. The predicted molar refractivity (Wildman–Crippen MR) is 137 cm³/mol. The molecular formula is C18H46Cl2O7Si3. The van der Waals surface area contributed by atoms with E-state index in [9.17, 15) is 9.59 Å². The molecule has 0 amide bonds. The normalized spacial score (nSPS) is 9.50. The molecule has 0 bridgehead atoms. The first-order valence-electron chi connectivity index (χ1n) is 9.04. The van der Waals surface area contributed by atoms with Crippen LogP contribution in [0.2, 0.25) is 58.9 Å². The Kier molecular flexibility index (Phi) is 36.0. The Labute approximate surface area is 197 Å². The number of methoxy groups -OCH3 is 1. The van der Waals surface area contributed by atoms with Gasteiger partial charge in [0.1, 0.15) is 7.38 Å². The molecule has 0 rings (SSSR count). The van der Waals surface area contributed by atoms with Crippen LogP contribution >= 0.6 is 22.7 Å². The number of carboxylic acids is 1. The summed E-state index contributed by atoms with van der Waals surface area (Å²) < 4.78 is 14.1. The van der Waals surface area contributed by atoms with Crippen molar-refractivity contribution in [2.45, 2.75) is 79.7 Å². The number of alkyl halides is 1. The predicted octanol–water partition coefficient (Wildman–Crippen LogP) is 6.04. The van der Waals surface area contributed by atoms with E-state index in [1.807, 2.05) is 19.6 Å². The van der Waals surface area contributed by atoms with E-state index in [1.165, 1.54) is 27.3 Å². The molecule has 0 saturated heterocycles. The highest BCUT2D eigenvalue weighted by Gasteiger charge is 2.16. The van der Waals surface area contributed by atoms with Crippen LogP contribution in [0.15, 0.2) is 0 Å². The zero-order chi connectivity index (χ0) is 26.4. The van der Waals surface area contributed by atoms with Crippen LogP contribution in [0.3, 0.4) is 0 Å². The maximum atomic E-state index is 10.3. The van der Waals surface area contributed by atoms with E-state index in [0.29, 0.717) is 0 Å². The summed E-state index contributed by atoms with van der Waals surface area (Å²) in [6.07, 6.45) is 1.47. The molecule has 0 saturated carbocycles. The van der Waals surface area contributed by atoms with E-state index >= 15 is 0 Å². The first kappa shape index (κ1) is 43.5. The highest BCUT2D eigenvalue weighted by atomic mass is 35.6. The van der Waals surface area contributed by atoms with Crippen LogP contribution in [0, 0.1) is 0 Å². The molecule has 1 N–H and O–H groups in total. The molecule has 0 radical (unpaired) electrons. The van der Waals surface area contributed by atoms with Crippen molar-refractivity contribution in [3.63, 3.8) is 0 Å². The molecular weight excluding hydrogens is 483 g/mol. The summed E-state index contributed by atoms with van der Waals surface area (Å²) in [5, 5.41) is 7.42. The van der Waals surface area contributed by atoms with E-state index in [-0.39, 0.29) is 11.9 Å². The molecule has 0 aliphatic rings. The second-order valence-electron chi connectivity index (χ2n) is 8.30. The van der Waals surface area contributed by atoms with Gasteiger partial charge in [0.05, 0.1) is 7.11 Å². The highest BCUT2D eigenvalue weighted by Crippen LogP contribution is 2.03. The van der Waals surface area contributed by atoms with Gasteiger partial charge in [0.15, 0.2) is 8.32 Å². The van der Waals surface area contributed by atoms with Gasteiger partial charge in [0.25, 0.3) is 11.9 Å². The maximum Gasteiger partial charge on any atom is 0.302 e. The van der Waals surface area contributed by atoms with Crippen molar-refractivity contribution < 1.29 is 33.1 Å². The number of carbonyl (C=O) groups excluding carboxylic acids is 2. The smallest absolute Gasteiger partial charge is 0.302 e. The van der Waals surface area contributed by atoms with Crippen LogP contribution in [0.25, 0.3) is 0 Å². The van der Waals surface area contributed by atoms with Crippen molar-refractivity contribution in [1.82, 2.24) is 0 Å². The number of carbonyl (C=O) groups is 3. The topological polar surface area (TPSA) is 99.1 Å². The fourth-order valence-corrected chi connectivity index (χ4v) is 1.29. The zero-order valence-electron chi connectivity index (χ0n) is 21.7. The van der Waals surface area contributed by atoms with Crippen molar-refractivity contribution in [3.05, 3.63) is 0 Å². The molecule has 0 unspecified atom stereocenters. The Morgan fingerprint density at radius 2 is 0.867 bits per heavy atom. The summed E-state index contributed by atoms with van der Waals surface area (Å²) in [6.45, 7) is 22.6. The Hall–Kier alpha value is -0.399.